The Labute approximate surface area is 138 Å². The lowest BCUT2D eigenvalue weighted by Crippen LogP contribution is -2.10. The first-order chi connectivity index (χ1) is 11.2. The molecule has 3 rings (SSSR count). The van der Waals surface area contributed by atoms with Gasteiger partial charge in [0.1, 0.15) is 5.75 Å². The number of ether oxygens (including phenoxy) is 1. The second kappa shape index (κ2) is 6.99. The van der Waals surface area contributed by atoms with Crippen molar-refractivity contribution < 1.29 is 9.53 Å². The normalized spacial score (nSPS) is 10.2. The van der Waals surface area contributed by atoms with Gasteiger partial charge in [-0.15, -0.1) is 11.8 Å². The minimum absolute atomic E-state index is 0.217. The third-order valence-electron chi connectivity index (χ3n) is 3.27. The molecular weight excluding hydrogens is 306 g/mol. The van der Waals surface area contributed by atoms with E-state index < -0.39 is 0 Å². The second-order valence-corrected chi connectivity index (χ2v) is 5.96. The molecule has 0 saturated heterocycles. The van der Waals surface area contributed by atoms with Crippen LogP contribution in [0, 0.1) is 11.3 Å². The molecule has 0 radical (unpaired) electrons. The Hall–Kier alpha value is -2.77. The van der Waals surface area contributed by atoms with E-state index in [0.717, 1.165) is 10.3 Å². The number of benzene rings is 3. The molecule has 0 aliphatic heterocycles. The first kappa shape index (κ1) is 15.1. The lowest BCUT2D eigenvalue weighted by molar-refractivity contribution is -0.131. The third kappa shape index (κ3) is 3.91. The fourth-order valence-electron chi connectivity index (χ4n) is 2.19. The van der Waals surface area contributed by atoms with Crippen molar-refractivity contribution in [3.8, 4) is 11.8 Å². The molecule has 0 unspecified atom stereocenters. The van der Waals surface area contributed by atoms with Crippen LogP contribution in [0.3, 0.4) is 0 Å². The highest BCUT2D eigenvalue weighted by Gasteiger charge is 2.07. The van der Waals surface area contributed by atoms with Crippen LogP contribution in [-0.4, -0.2) is 11.7 Å². The fraction of sp³-hybridized carbons (Fsp3) is 0.0526. The number of hydrogen-bond acceptors (Lipinski definition) is 4. The summed E-state index contributed by atoms with van der Waals surface area (Å²) >= 11 is 1.43. The number of nitriles is 1. The summed E-state index contributed by atoms with van der Waals surface area (Å²) < 4.78 is 5.26. The number of fused-ring (bicyclic) bond motifs is 1. The Balaban J connectivity index is 1.62. The molecule has 0 spiro atoms. The number of thioether (sulfide) groups is 1. The van der Waals surface area contributed by atoms with Gasteiger partial charge in [0.15, 0.2) is 0 Å². The van der Waals surface area contributed by atoms with Crippen LogP contribution in [0.25, 0.3) is 10.8 Å². The average molecular weight is 319 g/mol. The zero-order chi connectivity index (χ0) is 16.1. The highest BCUT2D eigenvalue weighted by molar-refractivity contribution is 8.00. The molecular formula is C19H13NO2S. The lowest BCUT2D eigenvalue weighted by atomic mass is 10.1. The van der Waals surface area contributed by atoms with Gasteiger partial charge in [-0.3, -0.25) is 4.79 Å². The molecule has 0 heterocycles. The Kier molecular flexibility index (Phi) is 4.60. The summed E-state index contributed by atoms with van der Waals surface area (Å²) in [6.45, 7) is 0. The first-order valence-electron chi connectivity index (χ1n) is 7.07. The first-order valence-corrected chi connectivity index (χ1v) is 8.05. The summed E-state index contributed by atoms with van der Waals surface area (Å²) in [5, 5.41) is 11.2. The lowest BCUT2D eigenvalue weighted by Gasteiger charge is -2.05. The second-order valence-electron chi connectivity index (χ2n) is 4.91. The molecule has 0 aromatic heterocycles. The van der Waals surface area contributed by atoms with Gasteiger partial charge in [0.2, 0.25) is 0 Å². The minimum Gasteiger partial charge on any atom is -0.426 e. The Morgan fingerprint density at radius 3 is 2.65 bits per heavy atom. The van der Waals surface area contributed by atoms with Gasteiger partial charge in [-0.05, 0) is 41.1 Å². The van der Waals surface area contributed by atoms with Gasteiger partial charge >= 0.3 is 5.97 Å². The van der Waals surface area contributed by atoms with E-state index >= 15 is 0 Å². The predicted molar refractivity (Wildman–Crippen MR) is 91.5 cm³/mol. The van der Waals surface area contributed by atoms with Crippen LogP contribution in [0.4, 0.5) is 0 Å². The number of rotatable bonds is 4. The summed E-state index contributed by atoms with van der Waals surface area (Å²) in [6.07, 6.45) is 0. The van der Waals surface area contributed by atoms with Crippen LogP contribution in [0.1, 0.15) is 5.56 Å². The molecule has 112 valence electrons. The monoisotopic (exact) mass is 319 g/mol. The molecule has 3 nitrogen and oxygen atoms in total. The van der Waals surface area contributed by atoms with Crippen LogP contribution in [0.15, 0.2) is 71.6 Å². The van der Waals surface area contributed by atoms with E-state index in [1.165, 1.54) is 17.1 Å². The van der Waals surface area contributed by atoms with Crippen molar-refractivity contribution in [3.05, 3.63) is 72.3 Å². The van der Waals surface area contributed by atoms with Crippen molar-refractivity contribution >= 4 is 28.5 Å². The Morgan fingerprint density at radius 2 is 1.83 bits per heavy atom. The van der Waals surface area contributed by atoms with E-state index in [9.17, 15) is 4.79 Å². The van der Waals surface area contributed by atoms with E-state index in [1.807, 2.05) is 36.4 Å². The van der Waals surface area contributed by atoms with Crippen LogP contribution in [-0.2, 0) is 4.79 Å². The van der Waals surface area contributed by atoms with Gasteiger partial charge in [0.25, 0.3) is 0 Å². The van der Waals surface area contributed by atoms with Gasteiger partial charge < -0.3 is 4.74 Å². The van der Waals surface area contributed by atoms with Crippen molar-refractivity contribution in [2.45, 2.75) is 4.90 Å². The zero-order valence-corrected chi connectivity index (χ0v) is 13.0. The number of esters is 1. The Bertz CT molecular complexity index is 899. The molecule has 0 bridgehead atoms. The van der Waals surface area contributed by atoms with E-state index in [2.05, 4.69) is 12.1 Å². The molecule has 0 N–H and O–H groups in total. The average Bonchev–Trinajstić information content (AvgIpc) is 2.60. The van der Waals surface area contributed by atoms with Crippen LogP contribution in [0.2, 0.25) is 0 Å². The molecule has 0 saturated carbocycles. The summed E-state index contributed by atoms with van der Waals surface area (Å²) in [5.41, 5.74) is 0.470. The molecule has 0 amide bonds. The molecule has 3 aromatic carbocycles. The number of nitrogens with zero attached hydrogens (tertiary/aromatic N) is 1. The van der Waals surface area contributed by atoms with Crippen molar-refractivity contribution in [2.75, 3.05) is 5.75 Å². The third-order valence-corrected chi connectivity index (χ3v) is 4.24. The van der Waals surface area contributed by atoms with Gasteiger partial charge in [-0.2, -0.15) is 5.26 Å². The van der Waals surface area contributed by atoms with Gasteiger partial charge in [0, 0.05) is 4.90 Å². The molecule has 23 heavy (non-hydrogen) atoms. The maximum absolute atomic E-state index is 11.9. The molecule has 4 heteroatoms. The van der Waals surface area contributed by atoms with Crippen molar-refractivity contribution in [1.29, 1.82) is 5.26 Å². The summed E-state index contributed by atoms with van der Waals surface area (Å²) in [6, 6.07) is 22.8. The smallest absolute Gasteiger partial charge is 0.321 e. The summed E-state index contributed by atoms with van der Waals surface area (Å²) in [7, 11) is 0. The number of carbonyl (C=O) groups is 1. The van der Waals surface area contributed by atoms with E-state index in [0.29, 0.717) is 11.3 Å². The Morgan fingerprint density at radius 1 is 1.00 bits per heavy atom. The number of hydrogen-bond donors (Lipinski definition) is 0. The molecule has 0 aliphatic rings. The molecule has 3 aromatic rings. The maximum atomic E-state index is 11.9. The molecule has 0 aliphatic carbocycles. The minimum atomic E-state index is -0.335. The maximum Gasteiger partial charge on any atom is 0.321 e. The summed E-state index contributed by atoms with van der Waals surface area (Å²) in [5.74, 6) is 0.279. The van der Waals surface area contributed by atoms with Crippen LogP contribution < -0.4 is 4.74 Å². The standard InChI is InChI=1S/C19H13NO2S/c20-12-14-4-3-7-17(10-14)22-19(21)13-23-18-9-8-15-5-1-2-6-16(15)11-18/h1-11H,13H2. The van der Waals surface area contributed by atoms with Crippen LogP contribution in [0.5, 0.6) is 5.75 Å². The van der Waals surface area contributed by atoms with E-state index in [-0.39, 0.29) is 11.7 Å². The van der Waals surface area contributed by atoms with E-state index in [1.54, 1.807) is 24.3 Å². The summed E-state index contributed by atoms with van der Waals surface area (Å²) in [4.78, 5) is 12.9. The highest BCUT2D eigenvalue weighted by atomic mass is 32.2. The van der Waals surface area contributed by atoms with Crippen LogP contribution >= 0.6 is 11.8 Å². The predicted octanol–water partition coefficient (Wildman–Crippen LogP) is 4.41. The quantitative estimate of drug-likeness (QED) is 0.406. The SMILES string of the molecule is N#Cc1cccc(OC(=O)CSc2ccc3ccccc3c2)c1. The van der Waals surface area contributed by atoms with Crippen molar-refractivity contribution in [2.24, 2.45) is 0 Å². The van der Waals surface area contributed by atoms with Gasteiger partial charge in [0.05, 0.1) is 17.4 Å². The molecule has 0 fully saturated rings. The van der Waals surface area contributed by atoms with E-state index in [4.69, 9.17) is 10.00 Å². The number of carbonyl (C=O) groups excluding carboxylic acids is 1. The molecule has 0 atom stereocenters. The van der Waals surface area contributed by atoms with Crippen molar-refractivity contribution in [1.82, 2.24) is 0 Å². The van der Waals surface area contributed by atoms with Gasteiger partial charge in [-0.1, -0.05) is 36.4 Å². The highest BCUT2D eigenvalue weighted by Crippen LogP contribution is 2.24. The van der Waals surface area contributed by atoms with Gasteiger partial charge in [-0.25, -0.2) is 0 Å². The topological polar surface area (TPSA) is 50.1 Å². The fourth-order valence-corrected chi connectivity index (χ4v) is 2.91. The zero-order valence-electron chi connectivity index (χ0n) is 12.2. The van der Waals surface area contributed by atoms with Crippen molar-refractivity contribution in [3.63, 3.8) is 0 Å². The largest absolute Gasteiger partial charge is 0.426 e.